The second-order valence-corrected chi connectivity index (χ2v) is 9.01. The number of carbonyl (C=O) groups is 3. The molecule has 2 aromatic rings. The van der Waals surface area contributed by atoms with Crippen LogP contribution in [0.4, 0.5) is 5.69 Å². The Morgan fingerprint density at radius 1 is 0.906 bits per heavy atom. The number of carbonyl (C=O) groups excluding carboxylic acids is 3. The van der Waals surface area contributed by atoms with Crippen molar-refractivity contribution in [3.63, 3.8) is 0 Å². The van der Waals surface area contributed by atoms with E-state index in [1.54, 1.807) is 24.3 Å². The van der Waals surface area contributed by atoms with Gasteiger partial charge >= 0.3 is 0 Å². The molecule has 0 aliphatic heterocycles. The van der Waals surface area contributed by atoms with Gasteiger partial charge in [-0.15, -0.1) is 11.6 Å². The number of anilines is 1. The Bertz CT molecular complexity index is 1040. The standard InChI is InChI=1S/C25H28ClNO5/c1-14(2)12-31-19-7-5-6-17-22(19)25(30)23-18(24(17)29)10-16(27-21(28)8-9-26)11-20(23)32-13-15(3)4/h5-7,10-11,14-15H,8-9,12-13H2,1-4H3,(H,27,28). The average molecular weight is 458 g/mol. The molecule has 3 rings (SSSR count). The Labute approximate surface area is 193 Å². The lowest BCUT2D eigenvalue weighted by Gasteiger charge is -2.24. The lowest BCUT2D eigenvalue weighted by Crippen LogP contribution is -2.24. The van der Waals surface area contributed by atoms with Gasteiger partial charge in [0.1, 0.15) is 11.5 Å². The molecule has 7 heteroatoms. The van der Waals surface area contributed by atoms with E-state index in [0.29, 0.717) is 24.7 Å². The smallest absolute Gasteiger partial charge is 0.225 e. The summed E-state index contributed by atoms with van der Waals surface area (Å²) in [6.07, 6.45) is 0.132. The molecule has 2 aromatic carbocycles. The van der Waals surface area contributed by atoms with Crippen molar-refractivity contribution in [1.82, 2.24) is 0 Å². The zero-order valence-corrected chi connectivity index (χ0v) is 19.5. The van der Waals surface area contributed by atoms with E-state index < -0.39 is 0 Å². The molecule has 0 bridgehead atoms. The number of benzene rings is 2. The fourth-order valence-corrected chi connectivity index (χ4v) is 3.55. The summed E-state index contributed by atoms with van der Waals surface area (Å²) >= 11 is 5.66. The van der Waals surface area contributed by atoms with Crippen LogP contribution in [0.1, 0.15) is 66.0 Å². The molecule has 0 fully saturated rings. The molecule has 170 valence electrons. The molecule has 32 heavy (non-hydrogen) atoms. The van der Waals surface area contributed by atoms with Crippen LogP contribution < -0.4 is 14.8 Å². The van der Waals surface area contributed by atoms with Crippen LogP contribution in [-0.4, -0.2) is 36.6 Å². The van der Waals surface area contributed by atoms with E-state index >= 15 is 0 Å². The summed E-state index contributed by atoms with van der Waals surface area (Å²) in [7, 11) is 0. The molecule has 0 radical (unpaired) electrons. The largest absolute Gasteiger partial charge is 0.493 e. The van der Waals surface area contributed by atoms with Crippen molar-refractivity contribution in [2.75, 3.05) is 24.4 Å². The van der Waals surface area contributed by atoms with Gasteiger partial charge in [-0.05, 0) is 24.0 Å². The minimum Gasteiger partial charge on any atom is -0.493 e. The number of ketones is 2. The molecular formula is C25H28ClNO5. The summed E-state index contributed by atoms with van der Waals surface area (Å²) in [4.78, 5) is 39.1. The van der Waals surface area contributed by atoms with E-state index in [2.05, 4.69) is 5.32 Å². The molecule has 1 amide bonds. The first-order valence-electron chi connectivity index (χ1n) is 10.7. The second kappa shape index (κ2) is 10.2. The predicted molar refractivity (Wildman–Crippen MR) is 124 cm³/mol. The zero-order valence-electron chi connectivity index (χ0n) is 18.8. The number of rotatable bonds is 9. The van der Waals surface area contributed by atoms with Crippen LogP contribution in [0.2, 0.25) is 0 Å². The lowest BCUT2D eigenvalue weighted by atomic mass is 9.82. The third kappa shape index (κ3) is 5.13. The number of nitrogens with one attached hydrogen (secondary N) is 1. The van der Waals surface area contributed by atoms with Crippen molar-refractivity contribution in [2.45, 2.75) is 34.1 Å². The van der Waals surface area contributed by atoms with Crippen LogP contribution in [0.3, 0.4) is 0 Å². The topological polar surface area (TPSA) is 81.7 Å². The van der Waals surface area contributed by atoms with Gasteiger partial charge < -0.3 is 14.8 Å². The Balaban J connectivity index is 2.11. The summed E-state index contributed by atoms with van der Waals surface area (Å²) in [5.41, 5.74) is 1.31. The van der Waals surface area contributed by atoms with Crippen molar-refractivity contribution in [2.24, 2.45) is 11.8 Å². The van der Waals surface area contributed by atoms with E-state index in [4.69, 9.17) is 21.1 Å². The van der Waals surface area contributed by atoms with Crippen LogP contribution in [0.15, 0.2) is 30.3 Å². The maximum absolute atomic E-state index is 13.6. The van der Waals surface area contributed by atoms with Gasteiger partial charge in [-0.3, -0.25) is 14.4 Å². The highest BCUT2D eigenvalue weighted by molar-refractivity contribution is 6.30. The first kappa shape index (κ1) is 23.8. The summed E-state index contributed by atoms with van der Waals surface area (Å²) in [6, 6.07) is 8.13. The van der Waals surface area contributed by atoms with Gasteiger partial charge in [-0.25, -0.2) is 0 Å². The van der Waals surface area contributed by atoms with Gasteiger partial charge in [0.2, 0.25) is 11.7 Å². The summed E-state index contributed by atoms with van der Waals surface area (Å²) in [6.45, 7) is 8.76. The maximum atomic E-state index is 13.6. The number of fused-ring (bicyclic) bond motifs is 2. The van der Waals surface area contributed by atoms with Crippen LogP contribution >= 0.6 is 11.6 Å². The summed E-state index contributed by atoms with van der Waals surface area (Å²) < 4.78 is 11.8. The number of ether oxygens (including phenoxy) is 2. The number of hydrogen-bond acceptors (Lipinski definition) is 5. The molecular weight excluding hydrogens is 430 g/mol. The first-order valence-corrected chi connectivity index (χ1v) is 11.3. The zero-order chi connectivity index (χ0) is 23.4. The molecule has 0 spiro atoms. The highest BCUT2D eigenvalue weighted by Crippen LogP contribution is 2.39. The predicted octanol–water partition coefficient (Wildman–Crippen LogP) is 5.10. The molecule has 0 heterocycles. The molecule has 1 N–H and O–H groups in total. The lowest BCUT2D eigenvalue weighted by molar-refractivity contribution is -0.115. The molecule has 1 aliphatic rings. The number of amides is 1. The molecule has 0 saturated carbocycles. The Kier molecular flexibility index (Phi) is 7.56. The number of halogens is 1. The monoisotopic (exact) mass is 457 g/mol. The molecule has 6 nitrogen and oxygen atoms in total. The molecule has 1 aliphatic carbocycles. The minimum absolute atomic E-state index is 0.132. The van der Waals surface area contributed by atoms with Crippen molar-refractivity contribution in [1.29, 1.82) is 0 Å². The van der Waals surface area contributed by atoms with Gasteiger partial charge in [0.15, 0.2) is 5.78 Å². The fraction of sp³-hybridized carbons (Fsp3) is 0.400. The fourth-order valence-electron chi connectivity index (χ4n) is 3.38. The molecule has 0 aromatic heterocycles. The highest BCUT2D eigenvalue weighted by Gasteiger charge is 2.35. The van der Waals surface area contributed by atoms with Crippen molar-refractivity contribution < 1.29 is 23.9 Å². The molecule has 0 saturated heterocycles. The van der Waals surface area contributed by atoms with Crippen molar-refractivity contribution in [3.8, 4) is 11.5 Å². The number of hydrogen-bond donors (Lipinski definition) is 1. The van der Waals surface area contributed by atoms with Gasteiger partial charge in [-0.2, -0.15) is 0 Å². The van der Waals surface area contributed by atoms with E-state index in [1.165, 1.54) is 6.07 Å². The van der Waals surface area contributed by atoms with E-state index in [0.717, 1.165) is 0 Å². The van der Waals surface area contributed by atoms with Crippen LogP contribution in [0.25, 0.3) is 0 Å². The van der Waals surface area contributed by atoms with E-state index in [1.807, 2.05) is 27.7 Å². The normalized spacial score (nSPS) is 12.6. The Morgan fingerprint density at radius 3 is 2.16 bits per heavy atom. The van der Waals surface area contributed by atoms with Crippen LogP contribution in [-0.2, 0) is 4.79 Å². The number of alkyl halides is 1. The van der Waals surface area contributed by atoms with Crippen LogP contribution in [0.5, 0.6) is 11.5 Å². The Hall–Kier alpha value is -2.86. The second-order valence-electron chi connectivity index (χ2n) is 8.63. The van der Waals surface area contributed by atoms with Gasteiger partial charge in [0, 0.05) is 35.2 Å². The van der Waals surface area contributed by atoms with Gasteiger partial charge in [0.25, 0.3) is 0 Å². The quantitative estimate of drug-likeness (QED) is 0.452. The minimum atomic E-state index is -0.327. The molecule has 0 unspecified atom stereocenters. The van der Waals surface area contributed by atoms with Crippen molar-refractivity contribution >= 4 is 34.8 Å². The summed E-state index contributed by atoms with van der Waals surface area (Å²) in [5.74, 6) is 0.364. The SMILES string of the molecule is CC(C)COc1cccc2c1C(=O)c1c(OCC(C)C)cc(NC(=O)CCCl)cc1C2=O. The Morgan fingerprint density at radius 2 is 1.53 bits per heavy atom. The van der Waals surface area contributed by atoms with Gasteiger partial charge in [0.05, 0.1) is 24.3 Å². The molecule has 0 atom stereocenters. The van der Waals surface area contributed by atoms with Crippen molar-refractivity contribution in [3.05, 3.63) is 52.6 Å². The maximum Gasteiger partial charge on any atom is 0.225 e. The highest BCUT2D eigenvalue weighted by atomic mass is 35.5. The third-order valence-electron chi connectivity index (χ3n) is 4.82. The van der Waals surface area contributed by atoms with Crippen LogP contribution in [0, 0.1) is 11.8 Å². The van der Waals surface area contributed by atoms with E-state index in [9.17, 15) is 14.4 Å². The van der Waals surface area contributed by atoms with Gasteiger partial charge in [-0.1, -0.05) is 39.8 Å². The van der Waals surface area contributed by atoms with E-state index in [-0.39, 0.29) is 69.6 Å². The third-order valence-corrected chi connectivity index (χ3v) is 5.01. The first-order chi connectivity index (χ1) is 15.2. The average Bonchev–Trinajstić information content (AvgIpc) is 2.74. The summed E-state index contributed by atoms with van der Waals surface area (Å²) in [5, 5.41) is 2.73.